The van der Waals surface area contributed by atoms with E-state index in [1.807, 2.05) is 0 Å². The third kappa shape index (κ3) is 1.99. The minimum absolute atomic E-state index is 0.0325. The average molecular weight is 176 g/mol. The molecule has 0 aliphatic rings. The molecule has 0 amide bonds. The first-order valence-electron chi connectivity index (χ1n) is 4.43. The molecule has 0 aliphatic carbocycles. The van der Waals surface area contributed by atoms with Gasteiger partial charge >= 0.3 is 0 Å². The van der Waals surface area contributed by atoms with Crippen LogP contribution in [-0.2, 0) is 0 Å². The van der Waals surface area contributed by atoms with Crippen LogP contribution in [0.2, 0.25) is 0 Å². The lowest BCUT2D eigenvalue weighted by Crippen LogP contribution is -1.96. The molecule has 0 radical (unpaired) electrons. The van der Waals surface area contributed by atoms with E-state index in [1.165, 1.54) is 16.7 Å². The van der Waals surface area contributed by atoms with Gasteiger partial charge in [-0.05, 0) is 43.0 Å². The predicted octanol–water partition coefficient (Wildman–Crippen LogP) is 2.62. The zero-order chi connectivity index (χ0) is 10.0. The minimum Gasteiger partial charge on any atom is -0.392 e. The molecule has 0 aromatic heterocycles. The van der Waals surface area contributed by atoms with E-state index in [4.69, 9.17) is 5.11 Å². The molecule has 1 aromatic rings. The number of aliphatic hydroxyl groups is 1. The molecule has 0 heterocycles. The lowest BCUT2D eigenvalue weighted by Gasteiger charge is -2.11. The van der Waals surface area contributed by atoms with Gasteiger partial charge in [0, 0.05) is 0 Å². The molecule has 0 unspecified atom stereocenters. The van der Waals surface area contributed by atoms with E-state index in [1.54, 1.807) is 0 Å². The van der Waals surface area contributed by atoms with Crippen molar-refractivity contribution in [2.45, 2.75) is 20.8 Å². The van der Waals surface area contributed by atoms with Gasteiger partial charge in [-0.2, -0.15) is 0 Å². The summed E-state index contributed by atoms with van der Waals surface area (Å²) in [6, 6.07) is 4.23. The molecule has 0 bridgehead atoms. The van der Waals surface area contributed by atoms with E-state index in [0.717, 1.165) is 11.1 Å². The fourth-order valence-electron chi connectivity index (χ4n) is 1.82. The maximum Gasteiger partial charge on any atom is 0.0682 e. The topological polar surface area (TPSA) is 20.2 Å². The number of rotatable bonds is 2. The zero-order valence-electron chi connectivity index (χ0n) is 8.52. The Bertz CT molecular complexity index is 314. The molecular weight excluding hydrogens is 160 g/mol. The molecule has 1 aromatic carbocycles. The van der Waals surface area contributed by atoms with Crippen LogP contribution in [0.3, 0.4) is 0 Å². The summed E-state index contributed by atoms with van der Waals surface area (Å²) < 4.78 is 0. The lowest BCUT2D eigenvalue weighted by atomic mass is 9.95. The van der Waals surface area contributed by atoms with Crippen molar-refractivity contribution in [1.29, 1.82) is 0 Å². The van der Waals surface area contributed by atoms with Crippen LogP contribution in [0, 0.1) is 20.8 Å². The van der Waals surface area contributed by atoms with Gasteiger partial charge in [-0.25, -0.2) is 0 Å². The smallest absolute Gasteiger partial charge is 0.0682 e. The fraction of sp³-hybridized carbons (Fsp3) is 0.333. The maximum atomic E-state index is 9.01. The molecule has 1 N–H and O–H groups in total. The maximum absolute atomic E-state index is 9.01. The SMILES string of the molecule is C=C(CO)c1c(C)cc(C)cc1C. The van der Waals surface area contributed by atoms with Crippen LogP contribution < -0.4 is 0 Å². The summed E-state index contributed by atoms with van der Waals surface area (Å²) in [5.41, 5.74) is 5.54. The number of hydrogen-bond acceptors (Lipinski definition) is 1. The quantitative estimate of drug-likeness (QED) is 0.734. The van der Waals surface area contributed by atoms with E-state index in [2.05, 4.69) is 39.5 Å². The standard InChI is InChI=1S/C12H16O/c1-8-5-9(2)12(10(3)6-8)11(4)7-13/h5-6,13H,4,7H2,1-3H3. The number of hydrogen-bond donors (Lipinski definition) is 1. The minimum atomic E-state index is 0.0325. The molecule has 1 heteroatoms. The van der Waals surface area contributed by atoms with Crippen molar-refractivity contribution < 1.29 is 5.11 Å². The Morgan fingerprint density at radius 2 is 1.69 bits per heavy atom. The summed E-state index contributed by atoms with van der Waals surface area (Å²) in [4.78, 5) is 0. The highest BCUT2D eigenvalue weighted by molar-refractivity contribution is 5.69. The van der Waals surface area contributed by atoms with Crippen LogP contribution in [0.5, 0.6) is 0 Å². The van der Waals surface area contributed by atoms with Gasteiger partial charge < -0.3 is 5.11 Å². The molecule has 1 nitrogen and oxygen atoms in total. The van der Waals surface area contributed by atoms with Crippen molar-refractivity contribution in [3.05, 3.63) is 41.0 Å². The van der Waals surface area contributed by atoms with Gasteiger partial charge in [-0.15, -0.1) is 0 Å². The Balaban J connectivity index is 3.28. The van der Waals surface area contributed by atoms with E-state index in [9.17, 15) is 0 Å². The van der Waals surface area contributed by atoms with Crippen LogP contribution in [0.4, 0.5) is 0 Å². The van der Waals surface area contributed by atoms with Gasteiger partial charge in [0.1, 0.15) is 0 Å². The monoisotopic (exact) mass is 176 g/mol. The second kappa shape index (κ2) is 3.75. The molecule has 13 heavy (non-hydrogen) atoms. The molecule has 0 fully saturated rings. The Morgan fingerprint density at radius 3 is 2.08 bits per heavy atom. The highest BCUT2D eigenvalue weighted by Gasteiger charge is 2.05. The van der Waals surface area contributed by atoms with Crippen molar-refractivity contribution in [3.8, 4) is 0 Å². The van der Waals surface area contributed by atoms with Crippen molar-refractivity contribution in [3.63, 3.8) is 0 Å². The third-order valence-electron chi connectivity index (χ3n) is 2.22. The van der Waals surface area contributed by atoms with Crippen LogP contribution in [0.25, 0.3) is 5.57 Å². The molecule has 0 aliphatic heterocycles. The highest BCUT2D eigenvalue weighted by atomic mass is 16.3. The Morgan fingerprint density at radius 1 is 1.23 bits per heavy atom. The summed E-state index contributed by atoms with van der Waals surface area (Å²) in [6.45, 7) is 10.1. The van der Waals surface area contributed by atoms with Crippen molar-refractivity contribution in [2.75, 3.05) is 6.61 Å². The predicted molar refractivity (Wildman–Crippen MR) is 56.8 cm³/mol. The van der Waals surface area contributed by atoms with Gasteiger partial charge in [-0.3, -0.25) is 0 Å². The van der Waals surface area contributed by atoms with Crippen LogP contribution in [-0.4, -0.2) is 11.7 Å². The third-order valence-corrected chi connectivity index (χ3v) is 2.22. The van der Waals surface area contributed by atoms with Gasteiger partial charge in [0.25, 0.3) is 0 Å². The van der Waals surface area contributed by atoms with Gasteiger partial charge in [0.2, 0.25) is 0 Å². The molecule has 0 spiro atoms. The van der Waals surface area contributed by atoms with Gasteiger partial charge in [0.15, 0.2) is 0 Å². The summed E-state index contributed by atoms with van der Waals surface area (Å²) in [5, 5.41) is 9.01. The van der Waals surface area contributed by atoms with E-state index in [-0.39, 0.29) is 6.61 Å². The van der Waals surface area contributed by atoms with Crippen molar-refractivity contribution >= 4 is 5.57 Å². The summed E-state index contributed by atoms with van der Waals surface area (Å²) in [7, 11) is 0. The number of aliphatic hydroxyl groups excluding tert-OH is 1. The lowest BCUT2D eigenvalue weighted by molar-refractivity contribution is 0.350. The largest absolute Gasteiger partial charge is 0.392 e. The van der Waals surface area contributed by atoms with E-state index < -0.39 is 0 Å². The molecule has 0 saturated heterocycles. The number of aryl methyl sites for hydroxylation is 3. The van der Waals surface area contributed by atoms with Crippen LogP contribution in [0.15, 0.2) is 18.7 Å². The zero-order valence-corrected chi connectivity index (χ0v) is 8.52. The second-order valence-electron chi connectivity index (χ2n) is 3.54. The molecule has 0 saturated carbocycles. The molecule has 1 rings (SSSR count). The van der Waals surface area contributed by atoms with E-state index in [0.29, 0.717) is 0 Å². The molecular formula is C12H16O. The summed E-state index contributed by atoms with van der Waals surface area (Å²) in [6.07, 6.45) is 0. The first-order valence-corrected chi connectivity index (χ1v) is 4.43. The summed E-state index contributed by atoms with van der Waals surface area (Å²) >= 11 is 0. The van der Waals surface area contributed by atoms with Crippen molar-refractivity contribution in [1.82, 2.24) is 0 Å². The highest BCUT2D eigenvalue weighted by Crippen LogP contribution is 2.22. The average Bonchev–Trinajstić information content (AvgIpc) is 2.02. The van der Waals surface area contributed by atoms with Crippen LogP contribution >= 0.6 is 0 Å². The second-order valence-corrected chi connectivity index (χ2v) is 3.54. The van der Waals surface area contributed by atoms with Gasteiger partial charge in [0.05, 0.1) is 6.61 Å². The van der Waals surface area contributed by atoms with Crippen molar-refractivity contribution in [2.24, 2.45) is 0 Å². The summed E-state index contributed by atoms with van der Waals surface area (Å²) in [5.74, 6) is 0. The molecule has 0 atom stereocenters. The van der Waals surface area contributed by atoms with E-state index >= 15 is 0 Å². The first kappa shape index (κ1) is 10.0. The molecule has 70 valence electrons. The van der Waals surface area contributed by atoms with Crippen LogP contribution in [0.1, 0.15) is 22.3 Å². The number of benzene rings is 1. The Labute approximate surface area is 79.7 Å². The Hall–Kier alpha value is -1.08. The Kier molecular flexibility index (Phi) is 2.89. The normalized spacial score (nSPS) is 10.2. The van der Waals surface area contributed by atoms with Gasteiger partial charge in [-0.1, -0.05) is 24.3 Å². The fourth-order valence-corrected chi connectivity index (χ4v) is 1.82. The first-order chi connectivity index (χ1) is 6.06.